The molecular formula is C12H15N5. The molecule has 3 N–H and O–H groups in total. The van der Waals surface area contributed by atoms with E-state index in [1.54, 1.807) is 10.9 Å². The summed E-state index contributed by atoms with van der Waals surface area (Å²) in [5, 5.41) is 7.08. The van der Waals surface area contributed by atoms with Crippen LogP contribution >= 0.6 is 0 Å². The fraction of sp³-hybridized carbons (Fsp3) is 0.167. The van der Waals surface area contributed by atoms with Crippen LogP contribution in [0.1, 0.15) is 5.56 Å². The van der Waals surface area contributed by atoms with Crippen LogP contribution in [0.15, 0.2) is 47.7 Å². The normalized spacial score (nSPS) is 11.5. The first-order valence-corrected chi connectivity index (χ1v) is 5.33. The number of anilines is 1. The monoisotopic (exact) mass is 229 g/mol. The quantitative estimate of drug-likeness (QED) is 0.616. The number of nitrogens with two attached hydrogens (primary N) is 1. The molecule has 0 fully saturated rings. The zero-order valence-electron chi connectivity index (χ0n) is 9.67. The molecule has 0 atom stereocenters. The lowest BCUT2D eigenvalue weighted by Gasteiger charge is -2.04. The van der Waals surface area contributed by atoms with E-state index in [1.807, 2.05) is 43.6 Å². The third-order valence-electron chi connectivity index (χ3n) is 2.24. The lowest BCUT2D eigenvalue weighted by atomic mass is 10.3. The van der Waals surface area contributed by atoms with Gasteiger partial charge in [-0.1, -0.05) is 18.2 Å². The van der Waals surface area contributed by atoms with Crippen molar-refractivity contribution in [2.75, 3.05) is 5.32 Å². The molecule has 0 amide bonds. The molecule has 2 aromatic rings. The maximum absolute atomic E-state index is 5.77. The Morgan fingerprint density at radius 3 is 2.82 bits per heavy atom. The molecule has 1 aromatic carbocycles. The summed E-state index contributed by atoms with van der Waals surface area (Å²) in [6, 6.07) is 9.71. The largest absolute Gasteiger partial charge is 0.370 e. The Kier molecular flexibility index (Phi) is 3.40. The smallest absolute Gasteiger partial charge is 0.193 e. The topological polar surface area (TPSA) is 68.2 Å². The second-order valence-electron chi connectivity index (χ2n) is 3.71. The van der Waals surface area contributed by atoms with Gasteiger partial charge in [0.1, 0.15) is 0 Å². The molecule has 0 saturated heterocycles. The molecule has 5 heteroatoms. The van der Waals surface area contributed by atoms with Gasteiger partial charge in [0.2, 0.25) is 0 Å². The molecule has 17 heavy (non-hydrogen) atoms. The molecule has 88 valence electrons. The van der Waals surface area contributed by atoms with Crippen molar-refractivity contribution >= 4 is 11.6 Å². The van der Waals surface area contributed by atoms with Gasteiger partial charge in [-0.25, -0.2) is 4.99 Å². The van der Waals surface area contributed by atoms with Crippen LogP contribution < -0.4 is 11.1 Å². The SMILES string of the molecule is Cn1cc(CN=C(N)Nc2ccccc2)cn1. The van der Waals surface area contributed by atoms with Crippen LogP contribution in [0, 0.1) is 0 Å². The molecule has 0 aliphatic carbocycles. The highest BCUT2D eigenvalue weighted by Crippen LogP contribution is 2.04. The minimum absolute atomic E-state index is 0.403. The average molecular weight is 229 g/mol. The predicted molar refractivity (Wildman–Crippen MR) is 68.6 cm³/mol. The van der Waals surface area contributed by atoms with E-state index in [1.165, 1.54) is 0 Å². The molecule has 0 radical (unpaired) electrons. The second-order valence-corrected chi connectivity index (χ2v) is 3.71. The van der Waals surface area contributed by atoms with Gasteiger partial charge in [0.15, 0.2) is 5.96 Å². The first-order chi connectivity index (χ1) is 8.24. The van der Waals surface area contributed by atoms with Crippen molar-refractivity contribution in [3.05, 3.63) is 48.3 Å². The highest BCUT2D eigenvalue weighted by Gasteiger charge is 1.96. The maximum atomic E-state index is 5.77. The summed E-state index contributed by atoms with van der Waals surface area (Å²) in [4.78, 5) is 4.23. The maximum Gasteiger partial charge on any atom is 0.193 e. The van der Waals surface area contributed by atoms with Crippen LogP contribution in [0.4, 0.5) is 5.69 Å². The fourth-order valence-corrected chi connectivity index (χ4v) is 1.44. The van der Waals surface area contributed by atoms with Crippen LogP contribution in [0.3, 0.4) is 0 Å². The number of hydrogen-bond donors (Lipinski definition) is 2. The van der Waals surface area contributed by atoms with Crippen molar-refractivity contribution in [2.24, 2.45) is 17.8 Å². The first kappa shape index (κ1) is 11.2. The second kappa shape index (κ2) is 5.16. The van der Waals surface area contributed by atoms with E-state index in [9.17, 15) is 0 Å². The Balaban J connectivity index is 1.94. The Hall–Kier alpha value is -2.30. The molecule has 1 heterocycles. The Morgan fingerprint density at radius 2 is 2.18 bits per heavy atom. The van der Waals surface area contributed by atoms with Crippen molar-refractivity contribution in [3.63, 3.8) is 0 Å². The molecule has 0 aliphatic heterocycles. The first-order valence-electron chi connectivity index (χ1n) is 5.33. The zero-order chi connectivity index (χ0) is 12.1. The summed E-state index contributed by atoms with van der Waals surface area (Å²) >= 11 is 0. The van der Waals surface area contributed by atoms with E-state index in [2.05, 4.69) is 15.4 Å². The Labute approximate surface area is 100.0 Å². The Bertz CT molecular complexity index is 501. The van der Waals surface area contributed by atoms with E-state index in [-0.39, 0.29) is 0 Å². The number of benzene rings is 1. The van der Waals surface area contributed by atoms with Crippen molar-refractivity contribution in [3.8, 4) is 0 Å². The highest BCUT2D eigenvalue weighted by atomic mass is 15.2. The number of guanidine groups is 1. The van der Waals surface area contributed by atoms with E-state index in [4.69, 9.17) is 5.73 Å². The van der Waals surface area contributed by atoms with Gasteiger partial charge < -0.3 is 11.1 Å². The van der Waals surface area contributed by atoms with Gasteiger partial charge in [-0.2, -0.15) is 5.10 Å². The van der Waals surface area contributed by atoms with Crippen molar-refractivity contribution in [1.29, 1.82) is 0 Å². The number of para-hydroxylation sites is 1. The average Bonchev–Trinajstić information content (AvgIpc) is 2.74. The van der Waals surface area contributed by atoms with E-state index in [0.29, 0.717) is 12.5 Å². The molecule has 0 spiro atoms. The predicted octanol–water partition coefficient (Wildman–Crippen LogP) is 1.35. The summed E-state index contributed by atoms with van der Waals surface area (Å²) in [7, 11) is 1.87. The summed E-state index contributed by atoms with van der Waals surface area (Å²) in [5.74, 6) is 0.403. The van der Waals surface area contributed by atoms with Crippen molar-refractivity contribution in [2.45, 2.75) is 6.54 Å². The van der Waals surface area contributed by atoms with Gasteiger partial charge in [-0.05, 0) is 12.1 Å². The molecule has 5 nitrogen and oxygen atoms in total. The number of nitrogens with one attached hydrogen (secondary N) is 1. The van der Waals surface area contributed by atoms with Crippen molar-refractivity contribution < 1.29 is 0 Å². The molecule has 0 bridgehead atoms. The lowest BCUT2D eigenvalue weighted by molar-refractivity contribution is 0.767. The number of aliphatic imine (C=N–C) groups is 1. The van der Waals surface area contributed by atoms with Gasteiger partial charge in [0.05, 0.1) is 12.7 Å². The van der Waals surface area contributed by atoms with Gasteiger partial charge in [0, 0.05) is 24.5 Å². The number of rotatable bonds is 3. The lowest BCUT2D eigenvalue weighted by Crippen LogP contribution is -2.22. The third kappa shape index (κ3) is 3.34. The van der Waals surface area contributed by atoms with Crippen LogP contribution in [0.5, 0.6) is 0 Å². The summed E-state index contributed by atoms with van der Waals surface area (Å²) in [6.45, 7) is 0.527. The van der Waals surface area contributed by atoms with Gasteiger partial charge in [0.25, 0.3) is 0 Å². The van der Waals surface area contributed by atoms with Gasteiger partial charge in [-0.3, -0.25) is 4.68 Å². The summed E-state index contributed by atoms with van der Waals surface area (Å²) < 4.78 is 1.74. The third-order valence-corrected chi connectivity index (χ3v) is 2.24. The van der Waals surface area contributed by atoms with Crippen LogP contribution in [-0.4, -0.2) is 15.7 Å². The zero-order valence-corrected chi connectivity index (χ0v) is 9.67. The summed E-state index contributed by atoms with van der Waals surface area (Å²) in [5.41, 5.74) is 7.74. The standard InChI is InChI=1S/C12H15N5/c1-17-9-10(8-15-17)7-14-12(13)16-11-5-3-2-4-6-11/h2-6,8-9H,7H2,1H3,(H3,13,14,16). The molecule has 1 aromatic heterocycles. The molecule has 0 saturated carbocycles. The minimum atomic E-state index is 0.403. The Morgan fingerprint density at radius 1 is 1.41 bits per heavy atom. The molecule has 0 aliphatic rings. The highest BCUT2D eigenvalue weighted by molar-refractivity contribution is 5.92. The molecule has 0 unspecified atom stereocenters. The number of nitrogens with zero attached hydrogens (tertiary/aromatic N) is 3. The van der Waals surface area contributed by atoms with E-state index < -0.39 is 0 Å². The van der Waals surface area contributed by atoms with E-state index >= 15 is 0 Å². The van der Waals surface area contributed by atoms with Crippen LogP contribution in [0.25, 0.3) is 0 Å². The number of aryl methyl sites for hydroxylation is 1. The molecular weight excluding hydrogens is 214 g/mol. The van der Waals surface area contributed by atoms with E-state index in [0.717, 1.165) is 11.3 Å². The van der Waals surface area contributed by atoms with Gasteiger partial charge in [-0.15, -0.1) is 0 Å². The minimum Gasteiger partial charge on any atom is -0.370 e. The van der Waals surface area contributed by atoms with Gasteiger partial charge >= 0.3 is 0 Å². The fourth-order valence-electron chi connectivity index (χ4n) is 1.44. The summed E-state index contributed by atoms with van der Waals surface area (Å²) in [6.07, 6.45) is 3.69. The van der Waals surface area contributed by atoms with Crippen LogP contribution in [-0.2, 0) is 13.6 Å². The number of hydrogen-bond acceptors (Lipinski definition) is 2. The van der Waals surface area contributed by atoms with Crippen LogP contribution in [0.2, 0.25) is 0 Å². The van der Waals surface area contributed by atoms with Crippen molar-refractivity contribution in [1.82, 2.24) is 9.78 Å². The molecule has 2 rings (SSSR count). The number of aromatic nitrogens is 2.